The van der Waals surface area contributed by atoms with Crippen molar-refractivity contribution in [3.63, 3.8) is 0 Å². The van der Waals surface area contributed by atoms with Gasteiger partial charge in [-0.1, -0.05) is 55.8 Å². The van der Waals surface area contributed by atoms with Gasteiger partial charge < -0.3 is 41.7 Å². The number of ether oxygens (including phenoxy) is 1. The van der Waals surface area contributed by atoms with Gasteiger partial charge in [0.1, 0.15) is 12.6 Å². The van der Waals surface area contributed by atoms with Crippen molar-refractivity contribution in [1.82, 2.24) is 31.5 Å². The summed E-state index contributed by atoms with van der Waals surface area (Å²) in [6, 6.07) is 13.9. The van der Waals surface area contributed by atoms with Crippen LogP contribution in [0.15, 0.2) is 66.7 Å². The van der Waals surface area contributed by atoms with Crippen molar-refractivity contribution >= 4 is 53.1 Å². The van der Waals surface area contributed by atoms with Crippen LogP contribution in [0.1, 0.15) is 50.2 Å². The summed E-state index contributed by atoms with van der Waals surface area (Å²) in [4.78, 5) is 99.0. The third-order valence-corrected chi connectivity index (χ3v) is 8.08. The zero-order chi connectivity index (χ0) is 39.3. The van der Waals surface area contributed by atoms with Crippen molar-refractivity contribution in [2.75, 3.05) is 38.1 Å². The molecule has 7 N–H and O–H groups in total. The quantitative estimate of drug-likeness (QED) is 0.0637. The lowest BCUT2D eigenvalue weighted by molar-refractivity contribution is -0.137. The average molecular weight is 750 g/mol. The predicted molar refractivity (Wildman–Crippen MR) is 195 cm³/mol. The standard InChI is InChI=1S/C37H47N7O10/c1-2-27(23-45)42-37(53)54-24-26-12-14-28(15-13-26)41-32(48)22-40-36(52)29(19-25-9-5-3-6-10-25)43-33(49)21-39-31(47)20-38-30(46)11-7-4-8-18-44-34(50)16-17-35(44)51/h3,5-6,9-10,12-17,27,29,45H,2,4,7-8,11,18-24H2,1H3,(H,38,46)(H,39,47)(H,40,52)(H,41,48)(H,42,53)(H,43,49)/t27-,29+/m1/s1. The molecule has 2 aromatic rings. The van der Waals surface area contributed by atoms with E-state index < -0.39 is 54.9 Å². The first-order valence-corrected chi connectivity index (χ1v) is 17.6. The molecule has 0 saturated carbocycles. The second-order valence-electron chi connectivity index (χ2n) is 12.3. The van der Waals surface area contributed by atoms with Crippen molar-refractivity contribution in [2.24, 2.45) is 0 Å². The van der Waals surface area contributed by atoms with Crippen LogP contribution in [0.5, 0.6) is 0 Å². The topological polar surface area (TPSA) is 241 Å². The second kappa shape index (κ2) is 22.8. The number of nitrogens with one attached hydrogen (secondary N) is 6. The van der Waals surface area contributed by atoms with E-state index in [-0.39, 0.29) is 56.9 Å². The molecule has 17 nitrogen and oxygen atoms in total. The number of benzene rings is 2. The molecule has 2 atom stereocenters. The molecule has 3 rings (SSSR count). The lowest BCUT2D eigenvalue weighted by atomic mass is 10.1. The number of rotatable bonds is 22. The largest absolute Gasteiger partial charge is 0.445 e. The van der Waals surface area contributed by atoms with Crippen LogP contribution >= 0.6 is 0 Å². The normalized spacial score (nSPS) is 13.0. The fourth-order valence-electron chi connectivity index (χ4n) is 5.01. The second-order valence-corrected chi connectivity index (χ2v) is 12.3. The number of anilines is 1. The maximum Gasteiger partial charge on any atom is 0.407 e. The Morgan fingerprint density at radius 3 is 2.04 bits per heavy atom. The number of hydrogen-bond donors (Lipinski definition) is 7. The Morgan fingerprint density at radius 2 is 1.37 bits per heavy atom. The molecule has 0 aromatic heterocycles. The maximum absolute atomic E-state index is 13.1. The van der Waals surface area contributed by atoms with Crippen LogP contribution in [0.2, 0.25) is 0 Å². The van der Waals surface area contributed by atoms with E-state index in [9.17, 15) is 43.5 Å². The Balaban J connectivity index is 1.38. The van der Waals surface area contributed by atoms with Crippen LogP contribution in [-0.4, -0.2) is 102 Å². The number of aliphatic hydroxyl groups excluding tert-OH is 1. The summed E-state index contributed by atoms with van der Waals surface area (Å²) >= 11 is 0. The first-order valence-electron chi connectivity index (χ1n) is 17.6. The molecular weight excluding hydrogens is 702 g/mol. The molecule has 1 heterocycles. The van der Waals surface area contributed by atoms with Gasteiger partial charge in [0.2, 0.25) is 29.5 Å². The molecule has 2 aromatic carbocycles. The van der Waals surface area contributed by atoms with Crippen molar-refractivity contribution < 1.29 is 48.2 Å². The van der Waals surface area contributed by atoms with Gasteiger partial charge in [0, 0.05) is 37.2 Å². The van der Waals surface area contributed by atoms with Gasteiger partial charge in [-0.15, -0.1) is 0 Å². The lowest BCUT2D eigenvalue weighted by Gasteiger charge is -2.19. The molecule has 0 bridgehead atoms. The van der Waals surface area contributed by atoms with Crippen LogP contribution in [0, 0.1) is 0 Å². The first kappa shape index (κ1) is 42.3. The van der Waals surface area contributed by atoms with Crippen molar-refractivity contribution in [1.29, 1.82) is 0 Å². The summed E-state index contributed by atoms with van der Waals surface area (Å²) in [7, 11) is 0. The van der Waals surface area contributed by atoms with Gasteiger partial charge in [0.05, 0.1) is 32.3 Å². The molecule has 290 valence electrons. The van der Waals surface area contributed by atoms with Crippen LogP contribution in [0.25, 0.3) is 0 Å². The Kier molecular flexibility index (Phi) is 17.8. The summed E-state index contributed by atoms with van der Waals surface area (Å²) < 4.78 is 5.14. The van der Waals surface area contributed by atoms with E-state index in [1.54, 1.807) is 54.6 Å². The Hall–Kier alpha value is -6.10. The predicted octanol–water partition coefficient (Wildman–Crippen LogP) is 0.184. The Labute approximate surface area is 312 Å². The van der Waals surface area contributed by atoms with Crippen LogP contribution < -0.4 is 31.9 Å². The van der Waals surface area contributed by atoms with Gasteiger partial charge in [0.15, 0.2) is 0 Å². The summed E-state index contributed by atoms with van der Waals surface area (Å²) in [6.07, 6.45) is 4.19. The van der Waals surface area contributed by atoms with E-state index >= 15 is 0 Å². The number of hydrogen-bond acceptors (Lipinski definition) is 10. The molecule has 0 unspecified atom stereocenters. The van der Waals surface area contributed by atoms with Gasteiger partial charge in [-0.2, -0.15) is 0 Å². The highest BCUT2D eigenvalue weighted by Crippen LogP contribution is 2.11. The maximum atomic E-state index is 13.1. The van der Waals surface area contributed by atoms with Gasteiger partial charge in [-0.25, -0.2) is 4.79 Å². The van der Waals surface area contributed by atoms with Gasteiger partial charge in [-0.05, 0) is 42.5 Å². The summed E-state index contributed by atoms with van der Waals surface area (Å²) in [6.45, 7) is 0.625. The van der Waals surface area contributed by atoms with Crippen molar-refractivity contribution in [3.8, 4) is 0 Å². The highest BCUT2D eigenvalue weighted by molar-refractivity contribution is 6.12. The van der Waals surface area contributed by atoms with Crippen LogP contribution in [-0.2, 0) is 51.3 Å². The van der Waals surface area contributed by atoms with E-state index in [1.807, 2.05) is 6.92 Å². The molecule has 8 amide bonds. The van der Waals surface area contributed by atoms with E-state index in [1.165, 1.54) is 12.2 Å². The average Bonchev–Trinajstić information content (AvgIpc) is 3.49. The molecule has 1 aliphatic rings. The number of imide groups is 1. The SMILES string of the molecule is CC[C@H](CO)NC(=O)OCc1ccc(NC(=O)CNC(=O)[C@H](Cc2ccccc2)NC(=O)CNC(=O)CNC(=O)CCCCCN2C(=O)C=CC2=O)cc1. The fourth-order valence-corrected chi connectivity index (χ4v) is 5.01. The van der Waals surface area contributed by atoms with Crippen LogP contribution in [0.4, 0.5) is 10.5 Å². The lowest BCUT2D eigenvalue weighted by Crippen LogP contribution is -2.52. The van der Waals surface area contributed by atoms with Gasteiger partial charge in [-0.3, -0.25) is 38.5 Å². The minimum atomic E-state index is -1.08. The zero-order valence-electron chi connectivity index (χ0n) is 30.1. The number of amides is 8. The summed E-state index contributed by atoms with van der Waals surface area (Å²) in [5, 5.41) is 24.4. The first-order chi connectivity index (χ1) is 26.0. The Morgan fingerprint density at radius 1 is 0.722 bits per heavy atom. The van der Waals surface area contributed by atoms with E-state index in [0.29, 0.717) is 36.9 Å². The molecular formula is C37H47N7O10. The van der Waals surface area contributed by atoms with E-state index in [0.717, 1.165) is 10.5 Å². The molecule has 54 heavy (non-hydrogen) atoms. The summed E-state index contributed by atoms with van der Waals surface area (Å²) in [5.74, 6) is -3.53. The van der Waals surface area contributed by atoms with Gasteiger partial charge in [0.25, 0.3) is 11.8 Å². The fraction of sp³-hybridized carbons (Fsp3) is 0.405. The minimum absolute atomic E-state index is 0.0249. The Bertz CT molecular complexity index is 1630. The third kappa shape index (κ3) is 15.6. The number of carbonyl (C=O) groups excluding carboxylic acids is 8. The van der Waals surface area contributed by atoms with E-state index in [2.05, 4.69) is 31.9 Å². The van der Waals surface area contributed by atoms with Crippen molar-refractivity contribution in [2.45, 2.75) is 64.1 Å². The molecule has 17 heteroatoms. The molecule has 0 fully saturated rings. The number of alkyl carbamates (subject to hydrolysis) is 1. The molecule has 1 aliphatic heterocycles. The van der Waals surface area contributed by atoms with Gasteiger partial charge >= 0.3 is 6.09 Å². The monoisotopic (exact) mass is 749 g/mol. The minimum Gasteiger partial charge on any atom is -0.445 e. The third-order valence-electron chi connectivity index (χ3n) is 8.08. The highest BCUT2D eigenvalue weighted by Gasteiger charge is 2.23. The smallest absolute Gasteiger partial charge is 0.407 e. The number of unbranched alkanes of at least 4 members (excludes halogenated alkanes) is 2. The van der Waals surface area contributed by atoms with Crippen LogP contribution in [0.3, 0.4) is 0 Å². The molecule has 0 spiro atoms. The number of carbonyl (C=O) groups is 8. The molecule has 0 radical (unpaired) electrons. The molecule has 0 saturated heterocycles. The molecule has 0 aliphatic carbocycles. The zero-order valence-corrected chi connectivity index (χ0v) is 30.1. The van der Waals surface area contributed by atoms with E-state index in [4.69, 9.17) is 4.74 Å². The summed E-state index contributed by atoms with van der Waals surface area (Å²) in [5.41, 5.74) is 1.83. The van der Waals surface area contributed by atoms with Crippen molar-refractivity contribution in [3.05, 3.63) is 77.9 Å². The number of aliphatic hydroxyl groups is 1. The highest BCUT2D eigenvalue weighted by atomic mass is 16.5. The number of nitrogens with zero attached hydrogens (tertiary/aromatic N) is 1.